The first-order valence-corrected chi connectivity index (χ1v) is 9.23. The van der Waals surface area contributed by atoms with Gasteiger partial charge in [-0.05, 0) is 35.4 Å². The maximum absolute atomic E-state index is 12.1. The van der Waals surface area contributed by atoms with E-state index in [2.05, 4.69) is 26.7 Å². The summed E-state index contributed by atoms with van der Waals surface area (Å²) in [5.74, 6) is -0.119. The molecule has 0 atom stereocenters. The zero-order valence-electron chi connectivity index (χ0n) is 16.0. The van der Waals surface area contributed by atoms with E-state index in [1.54, 1.807) is 17.8 Å². The predicted molar refractivity (Wildman–Crippen MR) is 112 cm³/mol. The van der Waals surface area contributed by atoms with Crippen molar-refractivity contribution in [2.75, 3.05) is 7.05 Å². The number of fused-ring (bicyclic) bond motifs is 2. The topological polar surface area (TPSA) is 88.5 Å². The Balaban J connectivity index is 1.79. The normalized spacial score (nSPS) is 11.2. The molecular formula is C22H18N6O. The number of aromatic nitrogens is 5. The third-order valence-electron chi connectivity index (χ3n) is 5.13. The first kappa shape index (κ1) is 17.1. The zero-order chi connectivity index (χ0) is 20.0. The lowest BCUT2D eigenvalue weighted by atomic mass is 9.98. The molecule has 2 N–H and O–H groups in total. The van der Waals surface area contributed by atoms with Crippen molar-refractivity contribution in [2.24, 2.45) is 7.05 Å². The van der Waals surface area contributed by atoms with E-state index in [-0.39, 0.29) is 5.91 Å². The molecule has 0 unspecified atom stereocenters. The van der Waals surface area contributed by atoms with Crippen LogP contribution < -0.4 is 5.32 Å². The van der Waals surface area contributed by atoms with Crippen molar-refractivity contribution in [2.45, 2.75) is 0 Å². The summed E-state index contributed by atoms with van der Waals surface area (Å²) in [6.45, 7) is 0. The van der Waals surface area contributed by atoms with Gasteiger partial charge >= 0.3 is 0 Å². The van der Waals surface area contributed by atoms with Gasteiger partial charge in [0.15, 0.2) is 5.65 Å². The number of amides is 1. The molecule has 2 aromatic carbocycles. The van der Waals surface area contributed by atoms with Crippen LogP contribution in [0.3, 0.4) is 0 Å². The van der Waals surface area contributed by atoms with Crippen molar-refractivity contribution in [1.29, 1.82) is 0 Å². The molecular weight excluding hydrogens is 364 g/mol. The van der Waals surface area contributed by atoms with Gasteiger partial charge in [0.1, 0.15) is 0 Å². The van der Waals surface area contributed by atoms with Crippen molar-refractivity contribution < 1.29 is 4.79 Å². The largest absolute Gasteiger partial charge is 0.355 e. The maximum Gasteiger partial charge on any atom is 0.251 e. The Kier molecular flexibility index (Phi) is 3.87. The van der Waals surface area contributed by atoms with Crippen LogP contribution in [-0.2, 0) is 7.05 Å². The molecule has 0 bridgehead atoms. The quantitative estimate of drug-likeness (QED) is 0.500. The van der Waals surface area contributed by atoms with Crippen LogP contribution in [0.5, 0.6) is 0 Å². The molecule has 5 aromatic rings. The molecule has 29 heavy (non-hydrogen) atoms. The van der Waals surface area contributed by atoms with E-state index in [1.807, 2.05) is 55.8 Å². The number of aromatic amines is 1. The highest BCUT2D eigenvalue weighted by Crippen LogP contribution is 2.34. The summed E-state index contributed by atoms with van der Waals surface area (Å²) in [4.78, 5) is 17.0. The first-order chi connectivity index (χ1) is 14.2. The summed E-state index contributed by atoms with van der Waals surface area (Å²) < 4.78 is 1.76. The fourth-order valence-electron chi connectivity index (χ4n) is 3.66. The van der Waals surface area contributed by atoms with Crippen molar-refractivity contribution in [3.8, 4) is 22.4 Å². The zero-order valence-corrected chi connectivity index (χ0v) is 16.0. The van der Waals surface area contributed by atoms with E-state index < -0.39 is 0 Å². The Hall–Kier alpha value is -4.00. The third kappa shape index (κ3) is 2.75. The number of benzene rings is 2. The molecule has 7 nitrogen and oxygen atoms in total. The number of carbonyl (C=O) groups is 1. The van der Waals surface area contributed by atoms with E-state index in [4.69, 9.17) is 4.98 Å². The molecule has 0 aliphatic carbocycles. The van der Waals surface area contributed by atoms with E-state index in [1.165, 1.54) is 0 Å². The highest BCUT2D eigenvalue weighted by atomic mass is 16.1. The Bertz CT molecular complexity index is 1380. The van der Waals surface area contributed by atoms with Gasteiger partial charge in [-0.1, -0.05) is 24.3 Å². The number of hydrogen-bond acceptors (Lipinski definition) is 4. The molecule has 0 radical (unpaired) electrons. The molecule has 0 fully saturated rings. The van der Waals surface area contributed by atoms with Gasteiger partial charge in [-0.2, -0.15) is 10.2 Å². The van der Waals surface area contributed by atoms with Crippen molar-refractivity contribution in [3.05, 3.63) is 66.5 Å². The van der Waals surface area contributed by atoms with Gasteiger partial charge < -0.3 is 5.32 Å². The van der Waals surface area contributed by atoms with Gasteiger partial charge in [0, 0.05) is 36.0 Å². The van der Waals surface area contributed by atoms with Crippen molar-refractivity contribution >= 4 is 27.8 Å². The van der Waals surface area contributed by atoms with E-state index >= 15 is 0 Å². The second-order valence-corrected chi connectivity index (χ2v) is 6.86. The lowest BCUT2D eigenvalue weighted by molar-refractivity contribution is 0.0963. The van der Waals surface area contributed by atoms with E-state index in [0.717, 1.165) is 44.3 Å². The average molecular weight is 382 g/mol. The van der Waals surface area contributed by atoms with Crippen molar-refractivity contribution in [3.63, 3.8) is 0 Å². The van der Waals surface area contributed by atoms with Gasteiger partial charge in [-0.15, -0.1) is 0 Å². The highest BCUT2D eigenvalue weighted by Gasteiger charge is 2.15. The highest BCUT2D eigenvalue weighted by molar-refractivity contribution is 6.01. The smallest absolute Gasteiger partial charge is 0.251 e. The van der Waals surface area contributed by atoms with Gasteiger partial charge in [-0.3, -0.25) is 14.6 Å². The van der Waals surface area contributed by atoms with Gasteiger partial charge in [0.05, 0.1) is 23.6 Å². The summed E-state index contributed by atoms with van der Waals surface area (Å²) in [7, 11) is 3.51. The molecule has 0 spiro atoms. The number of H-pyrrole nitrogens is 1. The molecule has 5 rings (SSSR count). The van der Waals surface area contributed by atoms with Crippen LogP contribution in [0, 0.1) is 0 Å². The lowest BCUT2D eigenvalue weighted by Crippen LogP contribution is -2.17. The van der Waals surface area contributed by atoms with E-state index in [0.29, 0.717) is 5.56 Å². The van der Waals surface area contributed by atoms with Crippen LogP contribution in [0.4, 0.5) is 0 Å². The van der Waals surface area contributed by atoms with Gasteiger partial charge in [-0.25, -0.2) is 4.98 Å². The summed E-state index contributed by atoms with van der Waals surface area (Å²) in [5, 5.41) is 16.2. The van der Waals surface area contributed by atoms with Crippen LogP contribution in [0.1, 0.15) is 10.4 Å². The third-order valence-corrected chi connectivity index (χ3v) is 5.13. The molecule has 7 heteroatoms. The lowest BCUT2D eigenvalue weighted by Gasteiger charge is -2.10. The number of hydrogen-bond donors (Lipinski definition) is 2. The van der Waals surface area contributed by atoms with Crippen molar-refractivity contribution in [1.82, 2.24) is 30.3 Å². The fraction of sp³-hybridized carbons (Fsp3) is 0.0909. The Labute approximate surface area is 166 Å². The first-order valence-electron chi connectivity index (χ1n) is 9.23. The minimum Gasteiger partial charge on any atom is -0.355 e. The molecule has 1 amide bonds. The predicted octanol–water partition coefficient (Wildman–Crippen LogP) is 3.54. The molecule has 0 aliphatic heterocycles. The van der Waals surface area contributed by atoms with Crippen LogP contribution in [0.2, 0.25) is 0 Å². The van der Waals surface area contributed by atoms with Crippen LogP contribution in [0.25, 0.3) is 44.3 Å². The molecule has 0 saturated heterocycles. The second-order valence-electron chi connectivity index (χ2n) is 6.86. The Morgan fingerprint density at radius 3 is 2.76 bits per heavy atom. The SMILES string of the molecule is CNC(=O)c1cccc(-c2cc(-c3cccc4[nH]ncc34)nc3c2cnn3C)c1. The second kappa shape index (κ2) is 6.56. The number of rotatable bonds is 3. The summed E-state index contributed by atoms with van der Waals surface area (Å²) in [6.07, 6.45) is 3.62. The number of aryl methyl sites for hydroxylation is 1. The molecule has 3 aromatic heterocycles. The molecule has 0 aliphatic rings. The summed E-state index contributed by atoms with van der Waals surface area (Å²) >= 11 is 0. The number of carbonyl (C=O) groups excluding carboxylic acids is 1. The Morgan fingerprint density at radius 1 is 1.03 bits per heavy atom. The fourth-order valence-corrected chi connectivity index (χ4v) is 3.66. The minimum atomic E-state index is -0.119. The summed E-state index contributed by atoms with van der Waals surface area (Å²) in [6, 6.07) is 15.6. The minimum absolute atomic E-state index is 0.119. The molecule has 0 saturated carbocycles. The van der Waals surface area contributed by atoms with Gasteiger partial charge in [0.25, 0.3) is 5.91 Å². The maximum atomic E-state index is 12.1. The average Bonchev–Trinajstić information content (AvgIpc) is 3.39. The van der Waals surface area contributed by atoms with Crippen LogP contribution in [-0.4, -0.2) is 37.9 Å². The summed E-state index contributed by atoms with van der Waals surface area (Å²) in [5.41, 5.74) is 6.08. The number of nitrogens with zero attached hydrogens (tertiary/aromatic N) is 4. The molecule has 142 valence electrons. The number of nitrogens with one attached hydrogen (secondary N) is 2. The van der Waals surface area contributed by atoms with Gasteiger partial charge in [0.2, 0.25) is 0 Å². The monoisotopic (exact) mass is 382 g/mol. The number of pyridine rings is 1. The Morgan fingerprint density at radius 2 is 1.90 bits per heavy atom. The molecule has 3 heterocycles. The van der Waals surface area contributed by atoms with Crippen LogP contribution >= 0.6 is 0 Å². The van der Waals surface area contributed by atoms with E-state index in [9.17, 15) is 4.79 Å². The standard InChI is InChI=1S/C22H18N6O/c1-23-22(29)14-6-3-5-13(9-14)16-10-20(26-21-18(16)12-25-28(21)2)15-7-4-8-19-17(15)11-24-27-19/h3-12H,1-2H3,(H,23,29)(H,24,27). The van der Waals surface area contributed by atoms with Crippen LogP contribution in [0.15, 0.2) is 60.9 Å².